The van der Waals surface area contributed by atoms with E-state index in [2.05, 4.69) is 67.2 Å². The Balaban J connectivity index is 3.18. The smallest absolute Gasteiger partial charge is 0.0313 e. The molecule has 1 aliphatic rings. The van der Waals surface area contributed by atoms with Crippen LogP contribution in [0.2, 0.25) is 0 Å². The summed E-state index contributed by atoms with van der Waals surface area (Å²) in [6.07, 6.45) is 0. The molecule has 0 aromatic carbocycles. The van der Waals surface area contributed by atoms with Crippen LogP contribution in [0.5, 0.6) is 0 Å². The van der Waals surface area contributed by atoms with Gasteiger partial charge in [0.25, 0.3) is 0 Å². The van der Waals surface area contributed by atoms with Crippen LogP contribution in [0.15, 0.2) is 11.1 Å². The molecule has 0 spiro atoms. The van der Waals surface area contributed by atoms with E-state index >= 15 is 0 Å². The summed E-state index contributed by atoms with van der Waals surface area (Å²) in [6.45, 7) is 18.9. The van der Waals surface area contributed by atoms with Crippen LogP contribution >= 0.6 is 11.8 Å². The molecule has 1 atom stereocenters. The van der Waals surface area contributed by atoms with Crippen LogP contribution in [0, 0.1) is 16.7 Å². The van der Waals surface area contributed by atoms with Crippen molar-refractivity contribution in [1.29, 1.82) is 0 Å². The van der Waals surface area contributed by atoms with Gasteiger partial charge in [-0.3, -0.25) is 0 Å². The van der Waals surface area contributed by atoms with Crippen molar-refractivity contribution in [3.8, 4) is 0 Å². The normalized spacial score (nSPS) is 23.4. The van der Waals surface area contributed by atoms with E-state index in [0.29, 0.717) is 22.0 Å². The Labute approximate surface area is 106 Å². The predicted molar refractivity (Wildman–Crippen MR) is 77.0 cm³/mol. The first-order chi connectivity index (χ1) is 7.05. The largest absolute Gasteiger partial charge is 0.149 e. The summed E-state index contributed by atoms with van der Waals surface area (Å²) in [4.78, 5) is 0. The van der Waals surface area contributed by atoms with Gasteiger partial charge in [0.1, 0.15) is 0 Å². The zero-order chi connectivity index (χ0) is 12.7. The molecule has 0 saturated carbocycles. The highest BCUT2D eigenvalue weighted by molar-refractivity contribution is 8.00. The summed E-state index contributed by atoms with van der Waals surface area (Å²) in [5.41, 5.74) is 4.15. The molecule has 0 radical (unpaired) electrons. The number of rotatable bonds is 1. The zero-order valence-corrected chi connectivity index (χ0v) is 13.1. The number of hydrogen-bond donors (Lipinski definition) is 0. The molecule has 94 valence electrons. The van der Waals surface area contributed by atoms with Gasteiger partial charge in [-0.25, -0.2) is 0 Å². The summed E-state index contributed by atoms with van der Waals surface area (Å²) in [7, 11) is 0. The van der Waals surface area contributed by atoms with Crippen molar-refractivity contribution in [3.05, 3.63) is 11.1 Å². The second-order valence-electron chi connectivity index (χ2n) is 7.40. The minimum Gasteiger partial charge on any atom is -0.149 e. The molecule has 0 bridgehead atoms. The topological polar surface area (TPSA) is 0 Å². The summed E-state index contributed by atoms with van der Waals surface area (Å²) in [5, 5.41) is 0.710. The van der Waals surface area contributed by atoms with Crippen LogP contribution in [0.25, 0.3) is 0 Å². The van der Waals surface area contributed by atoms with E-state index in [4.69, 9.17) is 0 Å². The summed E-state index contributed by atoms with van der Waals surface area (Å²) in [6, 6.07) is 0. The Hall–Kier alpha value is 0.0900. The van der Waals surface area contributed by atoms with Crippen LogP contribution in [0.3, 0.4) is 0 Å². The molecule has 0 saturated heterocycles. The molecule has 0 aromatic heterocycles. The maximum absolute atomic E-state index is 2.37. The second-order valence-corrected chi connectivity index (χ2v) is 8.49. The van der Waals surface area contributed by atoms with E-state index in [-0.39, 0.29) is 0 Å². The first-order valence-corrected chi connectivity index (χ1v) is 7.45. The zero-order valence-electron chi connectivity index (χ0n) is 12.3. The van der Waals surface area contributed by atoms with Crippen molar-refractivity contribution in [2.75, 3.05) is 5.75 Å². The number of hydrogen-bond acceptors (Lipinski definition) is 1. The second kappa shape index (κ2) is 4.40. The first-order valence-electron chi connectivity index (χ1n) is 6.40. The molecule has 1 heteroatoms. The molecular formula is C15H28S. The van der Waals surface area contributed by atoms with Gasteiger partial charge in [0.05, 0.1) is 0 Å². The molecule has 16 heavy (non-hydrogen) atoms. The highest BCUT2D eigenvalue weighted by Crippen LogP contribution is 2.50. The summed E-state index contributed by atoms with van der Waals surface area (Å²) >= 11 is 2.15. The third kappa shape index (κ3) is 2.85. The van der Waals surface area contributed by atoms with Gasteiger partial charge in [0.15, 0.2) is 0 Å². The summed E-state index contributed by atoms with van der Waals surface area (Å²) in [5.74, 6) is 1.92. The average Bonchev–Trinajstić information content (AvgIpc) is 2.43. The van der Waals surface area contributed by atoms with Crippen molar-refractivity contribution in [1.82, 2.24) is 0 Å². The predicted octanol–water partition coefficient (Wildman–Crippen LogP) is 5.15. The highest BCUT2D eigenvalue weighted by atomic mass is 32.2. The standard InChI is InChI=1S/C15H28S/c1-10(2)12-11(14(3,4)5)9-16-13(12)15(6,7)8/h10,13H,9H2,1-8H3. The third-order valence-corrected chi connectivity index (χ3v) is 5.09. The van der Waals surface area contributed by atoms with E-state index in [1.54, 1.807) is 11.1 Å². The Bertz CT molecular complexity index is 284. The molecule has 1 rings (SSSR count). The lowest BCUT2D eigenvalue weighted by molar-refractivity contribution is 0.400. The van der Waals surface area contributed by atoms with Gasteiger partial charge in [0.2, 0.25) is 0 Å². The molecule has 0 amide bonds. The van der Waals surface area contributed by atoms with Crippen molar-refractivity contribution >= 4 is 11.8 Å². The molecule has 0 fully saturated rings. The van der Waals surface area contributed by atoms with Crippen LogP contribution in [0.1, 0.15) is 55.4 Å². The van der Waals surface area contributed by atoms with Gasteiger partial charge in [-0.2, -0.15) is 0 Å². The molecule has 1 heterocycles. The Kier molecular flexibility index (Phi) is 3.89. The minimum absolute atomic E-state index is 0.340. The van der Waals surface area contributed by atoms with E-state index in [1.165, 1.54) is 5.75 Å². The maximum Gasteiger partial charge on any atom is 0.0313 e. The molecule has 0 aliphatic carbocycles. The van der Waals surface area contributed by atoms with Gasteiger partial charge >= 0.3 is 0 Å². The third-order valence-electron chi connectivity index (χ3n) is 3.34. The van der Waals surface area contributed by atoms with Crippen molar-refractivity contribution in [2.24, 2.45) is 16.7 Å². The fraction of sp³-hybridized carbons (Fsp3) is 0.867. The minimum atomic E-state index is 0.340. The Morgan fingerprint density at radius 2 is 1.56 bits per heavy atom. The quantitative estimate of drug-likeness (QED) is 0.571. The van der Waals surface area contributed by atoms with E-state index in [9.17, 15) is 0 Å². The lowest BCUT2D eigenvalue weighted by Crippen LogP contribution is -2.26. The average molecular weight is 240 g/mol. The van der Waals surface area contributed by atoms with Crippen LogP contribution in [0.4, 0.5) is 0 Å². The van der Waals surface area contributed by atoms with Crippen LogP contribution < -0.4 is 0 Å². The lowest BCUT2D eigenvalue weighted by Gasteiger charge is -2.32. The first kappa shape index (κ1) is 14.2. The fourth-order valence-corrected chi connectivity index (χ4v) is 4.54. The molecule has 1 unspecified atom stereocenters. The summed E-state index contributed by atoms with van der Waals surface area (Å²) < 4.78 is 0. The molecule has 0 N–H and O–H groups in total. The lowest BCUT2D eigenvalue weighted by atomic mass is 9.75. The van der Waals surface area contributed by atoms with E-state index in [1.807, 2.05) is 0 Å². The van der Waals surface area contributed by atoms with Crippen LogP contribution in [-0.4, -0.2) is 11.0 Å². The maximum atomic E-state index is 2.37. The highest BCUT2D eigenvalue weighted by Gasteiger charge is 2.39. The Morgan fingerprint density at radius 3 is 1.88 bits per heavy atom. The van der Waals surface area contributed by atoms with E-state index in [0.717, 1.165) is 0 Å². The monoisotopic (exact) mass is 240 g/mol. The van der Waals surface area contributed by atoms with Crippen molar-refractivity contribution in [2.45, 2.75) is 60.6 Å². The van der Waals surface area contributed by atoms with E-state index < -0.39 is 0 Å². The van der Waals surface area contributed by atoms with Gasteiger partial charge in [-0.05, 0) is 16.7 Å². The van der Waals surface area contributed by atoms with Crippen LogP contribution in [-0.2, 0) is 0 Å². The molecule has 0 nitrogen and oxygen atoms in total. The van der Waals surface area contributed by atoms with Gasteiger partial charge in [-0.15, -0.1) is 11.8 Å². The Morgan fingerprint density at radius 1 is 1.06 bits per heavy atom. The SMILES string of the molecule is CC(C)C1=C(C(C)(C)C)CSC1C(C)(C)C. The van der Waals surface area contributed by atoms with Gasteiger partial charge in [-0.1, -0.05) is 66.5 Å². The number of thioether (sulfide) groups is 1. The van der Waals surface area contributed by atoms with Crippen molar-refractivity contribution < 1.29 is 0 Å². The molecule has 0 aromatic rings. The van der Waals surface area contributed by atoms with Gasteiger partial charge in [0, 0.05) is 11.0 Å². The fourth-order valence-electron chi connectivity index (χ4n) is 2.52. The molecular weight excluding hydrogens is 212 g/mol. The molecule has 1 aliphatic heterocycles. The van der Waals surface area contributed by atoms with Crippen molar-refractivity contribution in [3.63, 3.8) is 0 Å². The van der Waals surface area contributed by atoms with Gasteiger partial charge < -0.3 is 0 Å².